The molecule has 0 spiro atoms. The first-order valence-corrected chi connectivity index (χ1v) is 7.20. The van der Waals surface area contributed by atoms with Gasteiger partial charge in [-0.05, 0) is 11.1 Å². The lowest BCUT2D eigenvalue weighted by Gasteiger charge is -2.32. The van der Waals surface area contributed by atoms with E-state index in [1.54, 1.807) is 0 Å². The van der Waals surface area contributed by atoms with Crippen molar-refractivity contribution in [3.63, 3.8) is 0 Å². The molecule has 1 aliphatic rings. The van der Waals surface area contributed by atoms with Crippen LogP contribution in [0.3, 0.4) is 0 Å². The molecule has 1 aliphatic heterocycles. The first kappa shape index (κ1) is 15.2. The predicted octanol–water partition coefficient (Wildman–Crippen LogP) is 2.92. The minimum absolute atomic E-state index is 0.00765. The number of aliphatic hydroxyl groups is 1. The van der Waals surface area contributed by atoms with Gasteiger partial charge in [-0.2, -0.15) is 0 Å². The number of ether oxygens (including phenoxy) is 2. The molecule has 0 fully saturated rings. The molecule has 2 rings (SSSR count). The molecule has 0 aromatic heterocycles. The van der Waals surface area contributed by atoms with Gasteiger partial charge in [0.1, 0.15) is 0 Å². The van der Waals surface area contributed by atoms with Gasteiger partial charge in [-0.15, -0.1) is 6.58 Å². The van der Waals surface area contributed by atoms with Crippen molar-refractivity contribution in [1.82, 2.24) is 0 Å². The molecule has 0 aliphatic carbocycles. The van der Waals surface area contributed by atoms with E-state index >= 15 is 0 Å². The topological polar surface area (TPSA) is 38.7 Å². The molecule has 0 amide bonds. The number of hydrogen-bond acceptors (Lipinski definition) is 3. The standard InChI is InChI=1S/C17H24O3/c1-4-12(2)17-13(3)16(18)11-19-9-14-7-5-6-8-15(14)10-20-17/h4-8,12-13,16-18H,1,9-11H2,2-3H3/t12-,13+,16?,17?/m1/s1. The summed E-state index contributed by atoms with van der Waals surface area (Å²) in [5, 5.41) is 10.2. The summed E-state index contributed by atoms with van der Waals surface area (Å²) < 4.78 is 11.7. The van der Waals surface area contributed by atoms with Gasteiger partial charge in [-0.3, -0.25) is 0 Å². The summed E-state index contributed by atoms with van der Waals surface area (Å²) in [4.78, 5) is 0. The van der Waals surface area contributed by atoms with Gasteiger partial charge in [0.25, 0.3) is 0 Å². The molecule has 4 atom stereocenters. The molecule has 0 saturated heterocycles. The highest BCUT2D eigenvalue weighted by molar-refractivity contribution is 5.26. The minimum atomic E-state index is -0.521. The van der Waals surface area contributed by atoms with E-state index in [4.69, 9.17) is 9.47 Å². The van der Waals surface area contributed by atoms with Gasteiger partial charge in [0.2, 0.25) is 0 Å². The van der Waals surface area contributed by atoms with Crippen molar-refractivity contribution in [1.29, 1.82) is 0 Å². The zero-order chi connectivity index (χ0) is 14.5. The quantitative estimate of drug-likeness (QED) is 0.844. The molecular formula is C17H24O3. The van der Waals surface area contributed by atoms with Crippen LogP contribution in [-0.4, -0.2) is 23.9 Å². The van der Waals surface area contributed by atoms with Crippen molar-refractivity contribution in [3.8, 4) is 0 Å². The van der Waals surface area contributed by atoms with E-state index in [9.17, 15) is 5.11 Å². The summed E-state index contributed by atoms with van der Waals surface area (Å²) in [5.74, 6) is 0.194. The fourth-order valence-corrected chi connectivity index (χ4v) is 2.60. The lowest BCUT2D eigenvalue weighted by molar-refractivity contribution is -0.0835. The molecule has 1 heterocycles. The second-order valence-corrected chi connectivity index (χ2v) is 5.58. The maximum Gasteiger partial charge on any atom is 0.0824 e. The molecule has 110 valence electrons. The fraction of sp³-hybridized carbons (Fsp3) is 0.529. The summed E-state index contributed by atoms with van der Waals surface area (Å²) >= 11 is 0. The number of hydrogen-bond donors (Lipinski definition) is 1. The first-order chi connectivity index (χ1) is 9.63. The fourth-order valence-electron chi connectivity index (χ4n) is 2.60. The molecule has 1 aromatic carbocycles. The molecule has 1 aromatic rings. The van der Waals surface area contributed by atoms with Crippen molar-refractivity contribution in [3.05, 3.63) is 48.0 Å². The minimum Gasteiger partial charge on any atom is -0.390 e. The third kappa shape index (κ3) is 3.48. The second kappa shape index (κ2) is 7.02. The number of aliphatic hydroxyl groups excluding tert-OH is 1. The predicted molar refractivity (Wildman–Crippen MR) is 79.2 cm³/mol. The van der Waals surface area contributed by atoms with Gasteiger partial charge in [-0.1, -0.05) is 44.2 Å². The number of fused-ring (bicyclic) bond motifs is 1. The highest BCUT2D eigenvalue weighted by Gasteiger charge is 2.29. The van der Waals surface area contributed by atoms with Crippen LogP contribution in [-0.2, 0) is 22.7 Å². The molecule has 0 saturated carbocycles. The van der Waals surface area contributed by atoms with Crippen LogP contribution < -0.4 is 0 Å². The van der Waals surface area contributed by atoms with Crippen LogP contribution in [0.4, 0.5) is 0 Å². The maximum atomic E-state index is 10.2. The Bertz CT molecular complexity index is 444. The lowest BCUT2D eigenvalue weighted by atomic mass is 9.89. The zero-order valence-corrected chi connectivity index (χ0v) is 12.3. The van der Waals surface area contributed by atoms with E-state index in [1.807, 2.05) is 31.2 Å². The van der Waals surface area contributed by atoms with Gasteiger partial charge in [0.05, 0.1) is 32.0 Å². The monoisotopic (exact) mass is 276 g/mol. The third-order valence-corrected chi connectivity index (χ3v) is 4.11. The van der Waals surface area contributed by atoms with Crippen LogP contribution in [0.2, 0.25) is 0 Å². The van der Waals surface area contributed by atoms with Gasteiger partial charge in [0, 0.05) is 11.8 Å². The maximum absolute atomic E-state index is 10.2. The second-order valence-electron chi connectivity index (χ2n) is 5.58. The van der Waals surface area contributed by atoms with Gasteiger partial charge in [0.15, 0.2) is 0 Å². The summed E-state index contributed by atoms with van der Waals surface area (Å²) in [5.41, 5.74) is 2.27. The van der Waals surface area contributed by atoms with Crippen molar-refractivity contribution < 1.29 is 14.6 Å². The van der Waals surface area contributed by atoms with Gasteiger partial charge >= 0.3 is 0 Å². The Balaban J connectivity index is 2.22. The number of rotatable bonds is 2. The SMILES string of the molecule is C=C[C@@H](C)C1OCc2ccccc2COCC(O)[C@@H]1C. The molecule has 2 unspecified atom stereocenters. The third-order valence-electron chi connectivity index (χ3n) is 4.11. The van der Waals surface area contributed by atoms with E-state index in [2.05, 4.69) is 19.6 Å². The summed E-state index contributed by atoms with van der Waals surface area (Å²) in [7, 11) is 0. The van der Waals surface area contributed by atoms with E-state index < -0.39 is 6.10 Å². The molecule has 1 N–H and O–H groups in total. The summed E-state index contributed by atoms with van der Waals surface area (Å²) in [6.45, 7) is 9.31. The largest absolute Gasteiger partial charge is 0.390 e. The Kier molecular flexibility index (Phi) is 5.35. The Hall–Kier alpha value is -1.16. The average molecular weight is 276 g/mol. The van der Waals surface area contributed by atoms with Crippen molar-refractivity contribution in [2.75, 3.05) is 6.61 Å². The molecule has 0 bridgehead atoms. The normalized spacial score (nSPS) is 29.2. The van der Waals surface area contributed by atoms with Crippen molar-refractivity contribution >= 4 is 0 Å². The van der Waals surface area contributed by atoms with E-state index in [0.717, 1.165) is 11.1 Å². The van der Waals surface area contributed by atoms with Crippen LogP contribution in [0.15, 0.2) is 36.9 Å². The lowest BCUT2D eigenvalue weighted by Crippen LogP contribution is -2.38. The molecule has 20 heavy (non-hydrogen) atoms. The van der Waals surface area contributed by atoms with Crippen LogP contribution in [0, 0.1) is 11.8 Å². The van der Waals surface area contributed by atoms with Crippen molar-refractivity contribution in [2.45, 2.75) is 39.3 Å². The molecule has 3 heteroatoms. The highest BCUT2D eigenvalue weighted by atomic mass is 16.5. The van der Waals surface area contributed by atoms with E-state index in [0.29, 0.717) is 19.8 Å². The Morgan fingerprint density at radius 3 is 2.60 bits per heavy atom. The van der Waals surface area contributed by atoms with Gasteiger partial charge in [-0.25, -0.2) is 0 Å². The first-order valence-electron chi connectivity index (χ1n) is 7.20. The van der Waals surface area contributed by atoms with Gasteiger partial charge < -0.3 is 14.6 Å². The van der Waals surface area contributed by atoms with Crippen LogP contribution in [0.25, 0.3) is 0 Å². The van der Waals surface area contributed by atoms with Crippen LogP contribution >= 0.6 is 0 Å². The Labute approximate surface area is 121 Å². The summed E-state index contributed by atoms with van der Waals surface area (Å²) in [6, 6.07) is 8.12. The van der Waals surface area contributed by atoms with Crippen LogP contribution in [0.5, 0.6) is 0 Å². The highest BCUT2D eigenvalue weighted by Crippen LogP contribution is 2.25. The Morgan fingerprint density at radius 1 is 1.30 bits per heavy atom. The molecule has 3 nitrogen and oxygen atoms in total. The average Bonchev–Trinajstić information content (AvgIpc) is 2.47. The number of benzene rings is 1. The van der Waals surface area contributed by atoms with Crippen LogP contribution in [0.1, 0.15) is 25.0 Å². The molecular weight excluding hydrogens is 252 g/mol. The van der Waals surface area contributed by atoms with E-state index in [1.165, 1.54) is 0 Å². The van der Waals surface area contributed by atoms with E-state index in [-0.39, 0.29) is 17.9 Å². The van der Waals surface area contributed by atoms with Crippen molar-refractivity contribution in [2.24, 2.45) is 11.8 Å². The smallest absolute Gasteiger partial charge is 0.0824 e. The Morgan fingerprint density at radius 2 is 1.95 bits per heavy atom. The zero-order valence-electron chi connectivity index (χ0n) is 12.3. The molecule has 0 radical (unpaired) electrons. The summed E-state index contributed by atoms with van der Waals surface area (Å²) in [6.07, 6.45) is 1.30.